The quantitative estimate of drug-likeness (QED) is 0.232. The van der Waals surface area contributed by atoms with Gasteiger partial charge in [-0.1, -0.05) is 30.3 Å². The molecule has 7 nitrogen and oxygen atoms in total. The van der Waals surface area contributed by atoms with Crippen molar-refractivity contribution >= 4 is 34.0 Å². The second-order valence-corrected chi connectivity index (χ2v) is 8.54. The maximum absolute atomic E-state index is 13.5. The summed E-state index contributed by atoms with van der Waals surface area (Å²) in [6.07, 6.45) is 1.90. The zero-order valence-electron chi connectivity index (χ0n) is 20.3. The lowest BCUT2D eigenvalue weighted by molar-refractivity contribution is -0.132. The standard InChI is InChI=1S/C29H26N2O5/c1-4-36-21-9-7-8-18(16-21)27(32)25-26(23-17-30(2)24-11-6-5-10-22(23)24)31(29(34)28(25)33)19-12-14-20(35-3)15-13-19/h5-17,26,32H,4H2,1-3H3/b27-25+. The van der Waals surface area contributed by atoms with Gasteiger partial charge in [0.1, 0.15) is 17.3 Å². The number of benzene rings is 3. The van der Waals surface area contributed by atoms with Crippen molar-refractivity contribution in [1.29, 1.82) is 0 Å². The second kappa shape index (κ2) is 9.26. The second-order valence-electron chi connectivity index (χ2n) is 8.54. The van der Waals surface area contributed by atoms with E-state index in [1.165, 1.54) is 4.90 Å². The van der Waals surface area contributed by atoms with E-state index >= 15 is 0 Å². The number of methoxy groups -OCH3 is 1. The van der Waals surface area contributed by atoms with Gasteiger partial charge in [0, 0.05) is 41.0 Å². The van der Waals surface area contributed by atoms with Gasteiger partial charge in [-0.15, -0.1) is 0 Å². The largest absolute Gasteiger partial charge is 0.507 e. The molecule has 1 unspecified atom stereocenters. The van der Waals surface area contributed by atoms with Crippen LogP contribution in [0.4, 0.5) is 5.69 Å². The van der Waals surface area contributed by atoms with Crippen LogP contribution in [0, 0.1) is 0 Å². The summed E-state index contributed by atoms with van der Waals surface area (Å²) in [6, 6.07) is 20.8. The molecule has 1 amide bonds. The first kappa shape index (κ1) is 23.2. The summed E-state index contributed by atoms with van der Waals surface area (Å²) >= 11 is 0. The predicted octanol–water partition coefficient (Wildman–Crippen LogP) is 5.21. The van der Waals surface area contributed by atoms with Gasteiger partial charge in [0.25, 0.3) is 11.7 Å². The lowest BCUT2D eigenvalue weighted by atomic mass is 9.94. The van der Waals surface area contributed by atoms with E-state index in [-0.39, 0.29) is 11.3 Å². The number of aryl methyl sites for hydroxylation is 1. The number of rotatable bonds is 6. The number of para-hydroxylation sites is 1. The average molecular weight is 483 g/mol. The minimum absolute atomic E-state index is 0.0285. The van der Waals surface area contributed by atoms with E-state index < -0.39 is 17.7 Å². The molecule has 4 aromatic rings. The maximum atomic E-state index is 13.5. The van der Waals surface area contributed by atoms with Crippen LogP contribution in [-0.2, 0) is 16.6 Å². The molecule has 0 bridgehead atoms. The Hall–Kier alpha value is -4.52. The Morgan fingerprint density at radius 2 is 1.72 bits per heavy atom. The van der Waals surface area contributed by atoms with Crippen LogP contribution in [0.1, 0.15) is 24.1 Å². The number of aromatic nitrogens is 1. The molecule has 1 saturated heterocycles. The van der Waals surface area contributed by atoms with Gasteiger partial charge in [0.15, 0.2) is 0 Å². The number of hydrogen-bond acceptors (Lipinski definition) is 5. The van der Waals surface area contributed by atoms with Crippen LogP contribution in [0.3, 0.4) is 0 Å². The number of fused-ring (bicyclic) bond motifs is 1. The third-order valence-electron chi connectivity index (χ3n) is 6.44. The van der Waals surface area contributed by atoms with Gasteiger partial charge >= 0.3 is 0 Å². The number of ether oxygens (including phenoxy) is 2. The highest BCUT2D eigenvalue weighted by molar-refractivity contribution is 6.51. The number of nitrogens with zero attached hydrogens (tertiary/aromatic N) is 2. The van der Waals surface area contributed by atoms with Crippen molar-refractivity contribution in [3.63, 3.8) is 0 Å². The Bertz CT molecular complexity index is 1500. The number of aliphatic hydroxyl groups is 1. The zero-order chi connectivity index (χ0) is 25.4. The van der Waals surface area contributed by atoms with Crippen LogP contribution in [-0.4, -0.2) is 35.1 Å². The highest BCUT2D eigenvalue weighted by Gasteiger charge is 2.47. The van der Waals surface area contributed by atoms with Crippen LogP contribution in [0.2, 0.25) is 0 Å². The smallest absolute Gasteiger partial charge is 0.300 e. The van der Waals surface area contributed by atoms with Crippen LogP contribution in [0.5, 0.6) is 11.5 Å². The van der Waals surface area contributed by atoms with Gasteiger partial charge in [-0.05, 0) is 49.4 Å². The zero-order valence-corrected chi connectivity index (χ0v) is 20.3. The van der Waals surface area contributed by atoms with E-state index in [2.05, 4.69) is 0 Å². The first-order valence-corrected chi connectivity index (χ1v) is 11.7. The molecular weight excluding hydrogens is 456 g/mol. The summed E-state index contributed by atoms with van der Waals surface area (Å²) in [5, 5.41) is 12.3. The Balaban J connectivity index is 1.76. The maximum Gasteiger partial charge on any atom is 0.300 e. The van der Waals surface area contributed by atoms with Gasteiger partial charge in [-0.2, -0.15) is 0 Å². The first-order chi connectivity index (χ1) is 17.4. The fraction of sp³-hybridized carbons (Fsp3) is 0.172. The summed E-state index contributed by atoms with van der Waals surface area (Å²) < 4.78 is 12.8. The summed E-state index contributed by atoms with van der Waals surface area (Å²) in [4.78, 5) is 28.4. The van der Waals surface area contributed by atoms with Gasteiger partial charge in [-0.3, -0.25) is 14.5 Å². The molecule has 182 valence electrons. The van der Waals surface area contributed by atoms with Gasteiger partial charge < -0.3 is 19.1 Å². The molecule has 7 heteroatoms. The van der Waals surface area contributed by atoms with E-state index in [0.717, 1.165) is 16.5 Å². The predicted molar refractivity (Wildman–Crippen MR) is 138 cm³/mol. The Labute approximate surface area is 208 Å². The molecule has 1 aromatic heterocycles. The Kier molecular flexibility index (Phi) is 5.98. The van der Waals surface area contributed by atoms with Crippen molar-refractivity contribution in [2.75, 3.05) is 18.6 Å². The van der Waals surface area contributed by atoms with Gasteiger partial charge in [-0.25, -0.2) is 0 Å². The Morgan fingerprint density at radius 1 is 0.972 bits per heavy atom. The van der Waals surface area contributed by atoms with Gasteiger partial charge in [0.2, 0.25) is 0 Å². The molecule has 36 heavy (non-hydrogen) atoms. The van der Waals surface area contributed by atoms with Crippen molar-refractivity contribution in [3.05, 3.63) is 95.7 Å². The summed E-state index contributed by atoms with van der Waals surface area (Å²) in [7, 11) is 3.48. The number of anilines is 1. The minimum Gasteiger partial charge on any atom is -0.507 e. The van der Waals surface area contributed by atoms with E-state index in [1.54, 1.807) is 55.6 Å². The minimum atomic E-state index is -0.833. The summed E-state index contributed by atoms with van der Waals surface area (Å²) in [5.41, 5.74) is 2.65. The van der Waals surface area contributed by atoms with Crippen LogP contribution in [0.15, 0.2) is 84.6 Å². The van der Waals surface area contributed by atoms with Crippen molar-refractivity contribution in [3.8, 4) is 11.5 Å². The Morgan fingerprint density at radius 3 is 2.44 bits per heavy atom. The van der Waals surface area contributed by atoms with E-state index in [1.807, 2.05) is 49.0 Å². The molecule has 0 radical (unpaired) electrons. The number of hydrogen-bond donors (Lipinski definition) is 1. The lowest BCUT2D eigenvalue weighted by Gasteiger charge is -2.25. The molecule has 5 rings (SSSR count). The number of amides is 1. The van der Waals surface area contributed by atoms with Crippen molar-refractivity contribution in [2.45, 2.75) is 13.0 Å². The lowest BCUT2D eigenvalue weighted by Crippen LogP contribution is -2.29. The summed E-state index contributed by atoms with van der Waals surface area (Å²) in [5.74, 6) is -0.509. The third-order valence-corrected chi connectivity index (χ3v) is 6.44. The molecule has 1 fully saturated rings. The number of aliphatic hydroxyl groups excluding tert-OH is 1. The highest BCUT2D eigenvalue weighted by Crippen LogP contribution is 2.45. The SMILES string of the molecule is CCOc1cccc(/C(O)=C2\C(=O)C(=O)N(c3ccc(OC)cc3)C2c2cn(C)c3ccccc23)c1. The normalized spacial score (nSPS) is 17.1. The molecule has 2 heterocycles. The van der Waals surface area contributed by atoms with Crippen molar-refractivity contribution in [1.82, 2.24) is 4.57 Å². The fourth-order valence-electron chi connectivity index (χ4n) is 4.78. The highest BCUT2D eigenvalue weighted by atomic mass is 16.5. The molecule has 1 aliphatic rings. The van der Waals surface area contributed by atoms with Gasteiger partial charge in [0.05, 0.1) is 25.3 Å². The number of carbonyl (C=O) groups excluding carboxylic acids is 2. The van der Waals surface area contributed by atoms with E-state index in [0.29, 0.717) is 29.4 Å². The van der Waals surface area contributed by atoms with E-state index in [4.69, 9.17) is 9.47 Å². The molecule has 3 aromatic carbocycles. The molecule has 1 aliphatic heterocycles. The number of carbonyl (C=O) groups is 2. The first-order valence-electron chi connectivity index (χ1n) is 11.7. The molecule has 0 saturated carbocycles. The topological polar surface area (TPSA) is 81.0 Å². The molecule has 1 N–H and O–H groups in total. The van der Waals surface area contributed by atoms with Crippen molar-refractivity contribution < 1.29 is 24.2 Å². The average Bonchev–Trinajstić information content (AvgIpc) is 3.37. The number of Topliss-reactive ketones (excluding diaryl/α,β-unsaturated/α-hetero) is 1. The van der Waals surface area contributed by atoms with E-state index in [9.17, 15) is 14.7 Å². The van der Waals surface area contributed by atoms with Crippen LogP contribution < -0.4 is 14.4 Å². The monoisotopic (exact) mass is 482 g/mol. The van der Waals surface area contributed by atoms with Crippen LogP contribution >= 0.6 is 0 Å². The van der Waals surface area contributed by atoms with Crippen LogP contribution in [0.25, 0.3) is 16.7 Å². The molecule has 0 aliphatic carbocycles. The molecule has 1 atom stereocenters. The summed E-state index contributed by atoms with van der Waals surface area (Å²) in [6.45, 7) is 2.33. The molecule has 0 spiro atoms. The number of ketones is 1. The van der Waals surface area contributed by atoms with Crippen molar-refractivity contribution in [2.24, 2.45) is 7.05 Å². The third kappa shape index (κ3) is 3.79. The molecular formula is C29H26N2O5. The fourth-order valence-corrected chi connectivity index (χ4v) is 4.78.